The number of hydrogen-bond donors (Lipinski definition) is 1. The average Bonchev–Trinajstić information content (AvgIpc) is 2.71. The third kappa shape index (κ3) is 1.59. The summed E-state index contributed by atoms with van der Waals surface area (Å²) in [6, 6.07) is 7.65. The van der Waals surface area contributed by atoms with Crippen molar-refractivity contribution >= 4 is 0 Å². The Morgan fingerprint density at radius 2 is 1.12 bits per heavy atom. The molecule has 5 heteroatoms. The van der Waals surface area contributed by atoms with Crippen LogP contribution in [-0.2, 0) is 30.8 Å². The average molecular weight is 239 g/mol. The molecule has 1 aliphatic heterocycles. The molecule has 1 aromatic carbocycles. The van der Waals surface area contributed by atoms with Gasteiger partial charge in [-0.25, -0.2) is 5.32 Å². The van der Waals surface area contributed by atoms with Crippen LogP contribution in [0.1, 0.15) is 11.1 Å². The van der Waals surface area contributed by atoms with E-state index in [1.807, 2.05) is 24.3 Å². The van der Waals surface area contributed by atoms with Crippen molar-refractivity contribution in [3.8, 4) is 0 Å². The molecule has 0 saturated carbocycles. The lowest BCUT2D eigenvalue weighted by Crippen LogP contribution is -2.51. The van der Waals surface area contributed by atoms with Crippen LogP contribution in [0.2, 0.25) is 0 Å². The van der Waals surface area contributed by atoms with Gasteiger partial charge in [-0.1, -0.05) is 24.3 Å². The molecule has 5 nitrogen and oxygen atoms in total. The summed E-state index contributed by atoms with van der Waals surface area (Å²) >= 11 is 0. The number of ether oxygens (including phenoxy) is 4. The third-order valence-electron chi connectivity index (χ3n) is 3.12. The van der Waals surface area contributed by atoms with Crippen molar-refractivity contribution in [2.24, 2.45) is 0 Å². The number of methoxy groups -OCH3 is 4. The maximum atomic E-state index is 5.44. The van der Waals surface area contributed by atoms with Gasteiger partial charge in [0.15, 0.2) is 0 Å². The van der Waals surface area contributed by atoms with Gasteiger partial charge in [-0.2, -0.15) is 0 Å². The Morgan fingerprint density at radius 3 is 1.41 bits per heavy atom. The Kier molecular flexibility index (Phi) is 3.20. The first-order chi connectivity index (χ1) is 8.18. The molecule has 0 amide bonds. The number of hydrogen-bond acceptors (Lipinski definition) is 5. The maximum Gasteiger partial charge on any atom is 0.260 e. The van der Waals surface area contributed by atoms with E-state index < -0.39 is 11.8 Å². The largest absolute Gasteiger partial charge is 0.337 e. The molecule has 1 heterocycles. The second kappa shape index (κ2) is 4.36. The quantitative estimate of drug-likeness (QED) is 0.797. The Morgan fingerprint density at radius 1 is 0.765 bits per heavy atom. The van der Waals surface area contributed by atoms with Crippen LogP contribution in [0.4, 0.5) is 0 Å². The van der Waals surface area contributed by atoms with Crippen molar-refractivity contribution in [1.82, 2.24) is 5.32 Å². The minimum Gasteiger partial charge on any atom is -0.337 e. The molecule has 0 atom stereocenters. The first-order valence-corrected chi connectivity index (χ1v) is 5.28. The summed E-state index contributed by atoms with van der Waals surface area (Å²) in [7, 11) is 6.26. The zero-order valence-corrected chi connectivity index (χ0v) is 10.4. The van der Waals surface area contributed by atoms with Gasteiger partial charge in [-0.05, 0) is 0 Å². The van der Waals surface area contributed by atoms with Crippen LogP contribution in [0.3, 0.4) is 0 Å². The molecule has 0 aromatic heterocycles. The summed E-state index contributed by atoms with van der Waals surface area (Å²) in [5.41, 5.74) is 1.68. The van der Waals surface area contributed by atoms with Gasteiger partial charge in [0.25, 0.3) is 11.8 Å². The fourth-order valence-corrected chi connectivity index (χ4v) is 2.22. The summed E-state index contributed by atoms with van der Waals surface area (Å²) in [6.45, 7) is 0. The van der Waals surface area contributed by atoms with Crippen LogP contribution in [0.5, 0.6) is 0 Å². The van der Waals surface area contributed by atoms with Crippen LogP contribution in [-0.4, -0.2) is 28.4 Å². The molecule has 0 radical (unpaired) electrons. The summed E-state index contributed by atoms with van der Waals surface area (Å²) in [5, 5.41) is 3.09. The zero-order valence-electron chi connectivity index (χ0n) is 10.4. The van der Waals surface area contributed by atoms with E-state index in [1.165, 1.54) is 0 Å². The predicted molar refractivity (Wildman–Crippen MR) is 61.0 cm³/mol. The van der Waals surface area contributed by atoms with Crippen molar-refractivity contribution < 1.29 is 18.9 Å². The van der Waals surface area contributed by atoms with Crippen LogP contribution in [0.15, 0.2) is 24.3 Å². The number of benzene rings is 1. The Bertz CT molecular complexity index is 362. The van der Waals surface area contributed by atoms with Gasteiger partial charge in [0.05, 0.1) is 0 Å². The molecule has 0 aliphatic carbocycles. The summed E-state index contributed by atoms with van der Waals surface area (Å²) in [5.74, 6) is -2.11. The van der Waals surface area contributed by atoms with Crippen LogP contribution >= 0.6 is 0 Å². The molecular weight excluding hydrogens is 222 g/mol. The van der Waals surface area contributed by atoms with Crippen molar-refractivity contribution in [3.05, 3.63) is 35.4 Å². The molecule has 2 rings (SSSR count). The first kappa shape index (κ1) is 12.5. The Balaban J connectivity index is 2.60. The predicted octanol–water partition coefficient (Wildman–Crippen LogP) is 1.10. The molecule has 94 valence electrons. The molecule has 0 fully saturated rings. The van der Waals surface area contributed by atoms with Crippen LogP contribution in [0, 0.1) is 0 Å². The van der Waals surface area contributed by atoms with Crippen molar-refractivity contribution in [1.29, 1.82) is 0 Å². The van der Waals surface area contributed by atoms with E-state index in [2.05, 4.69) is 5.32 Å². The highest BCUT2D eigenvalue weighted by Gasteiger charge is 2.54. The number of fused-ring (bicyclic) bond motifs is 1. The topological polar surface area (TPSA) is 49.0 Å². The van der Waals surface area contributed by atoms with Crippen molar-refractivity contribution in [3.63, 3.8) is 0 Å². The lowest BCUT2D eigenvalue weighted by atomic mass is 10.1. The van der Waals surface area contributed by atoms with Gasteiger partial charge in [-0.15, -0.1) is 0 Å². The molecular formula is C12H17NO4. The van der Waals surface area contributed by atoms with E-state index in [9.17, 15) is 0 Å². The van der Waals surface area contributed by atoms with Gasteiger partial charge in [0.2, 0.25) is 0 Å². The monoisotopic (exact) mass is 239 g/mol. The van der Waals surface area contributed by atoms with E-state index in [0.29, 0.717) is 0 Å². The summed E-state index contributed by atoms with van der Waals surface area (Å²) in [4.78, 5) is 0. The maximum absolute atomic E-state index is 5.44. The van der Waals surface area contributed by atoms with Crippen molar-refractivity contribution in [2.45, 2.75) is 11.8 Å². The molecule has 0 bridgehead atoms. The summed E-state index contributed by atoms with van der Waals surface area (Å²) < 4.78 is 21.8. The molecule has 17 heavy (non-hydrogen) atoms. The van der Waals surface area contributed by atoms with Gasteiger partial charge >= 0.3 is 0 Å². The highest BCUT2D eigenvalue weighted by molar-refractivity contribution is 5.38. The smallest absolute Gasteiger partial charge is 0.260 e. The Hall–Kier alpha value is -0.980. The fraction of sp³-hybridized carbons (Fsp3) is 0.500. The van der Waals surface area contributed by atoms with Gasteiger partial charge in [0.1, 0.15) is 0 Å². The SMILES string of the molecule is COC1(OC)NC(OC)(OC)c2ccccc21. The Labute approximate surface area is 101 Å². The minimum absolute atomic E-state index is 0.841. The minimum atomic E-state index is -1.05. The molecule has 1 aliphatic rings. The van der Waals surface area contributed by atoms with Gasteiger partial charge < -0.3 is 18.9 Å². The molecule has 1 aromatic rings. The van der Waals surface area contributed by atoms with Crippen LogP contribution in [0.25, 0.3) is 0 Å². The van der Waals surface area contributed by atoms with E-state index >= 15 is 0 Å². The highest BCUT2D eigenvalue weighted by Crippen LogP contribution is 2.42. The highest BCUT2D eigenvalue weighted by atomic mass is 16.8. The number of nitrogens with one attached hydrogen (secondary N) is 1. The van der Waals surface area contributed by atoms with E-state index in [-0.39, 0.29) is 0 Å². The normalized spacial score (nSPS) is 20.2. The number of rotatable bonds is 4. The lowest BCUT2D eigenvalue weighted by molar-refractivity contribution is -0.313. The van der Waals surface area contributed by atoms with E-state index in [1.54, 1.807) is 28.4 Å². The summed E-state index contributed by atoms with van der Waals surface area (Å²) in [6.07, 6.45) is 0. The first-order valence-electron chi connectivity index (χ1n) is 5.28. The second-order valence-corrected chi connectivity index (χ2v) is 3.72. The molecule has 1 N–H and O–H groups in total. The zero-order chi connectivity index (χ0) is 12.5. The second-order valence-electron chi connectivity index (χ2n) is 3.72. The van der Waals surface area contributed by atoms with Gasteiger partial charge in [-0.3, -0.25) is 0 Å². The molecule has 0 unspecified atom stereocenters. The van der Waals surface area contributed by atoms with E-state index in [4.69, 9.17) is 18.9 Å². The third-order valence-corrected chi connectivity index (χ3v) is 3.12. The molecule has 0 spiro atoms. The van der Waals surface area contributed by atoms with Gasteiger partial charge in [0, 0.05) is 39.6 Å². The van der Waals surface area contributed by atoms with Crippen LogP contribution < -0.4 is 5.32 Å². The van der Waals surface area contributed by atoms with E-state index in [0.717, 1.165) is 11.1 Å². The fourth-order valence-electron chi connectivity index (χ4n) is 2.22. The lowest BCUT2D eigenvalue weighted by Gasteiger charge is -2.32. The molecule has 0 saturated heterocycles. The van der Waals surface area contributed by atoms with Crippen molar-refractivity contribution in [2.75, 3.05) is 28.4 Å². The standard InChI is InChI=1S/C12H17NO4/c1-14-11(15-2)9-7-5-6-8-10(9)12(13-11,16-3)17-4/h5-8,13H,1-4H3.